The van der Waals surface area contributed by atoms with Crippen molar-refractivity contribution in [2.45, 2.75) is 13.8 Å². The molecule has 0 fully saturated rings. The van der Waals surface area contributed by atoms with Crippen molar-refractivity contribution in [2.24, 2.45) is 0 Å². The van der Waals surface area contributed by atoms with E-state index in [1.165, 1.54) is 19.1 Å². The zero-order valence-electron chi connectivity index (χ0n) is 6.50. The number of hydrogen-bond acceptors (Lipinski definition) is 2. The maximum Gasteiger partial charge on any atom is 0.328 e. The molecule has 0 aromatic heterocycles. The second kappa shape index (κ2) is 4.44. The Morgan fingerprint density at radius 3 is 2.09 bits per heavy atom. The minimum Gasteiger partial charge on any atom is -0.478 e. The highest BCUT2D eigenvalue weighted by atomic mass is 16.4. The summed E-state index contributed by atoms with van der Waals surface area (Å²) in [6, 6.07) is 0. The number of rotatable bonds is 3. The molecular weight excluding hydrogens is 144 g/mol. The third-order valence-electron chi connectivity index (χ3n) is 0.920. The van der Waals surface area contributed by atoms with Crippen LogP contribution in [0.4, 0.5) is 0 Å². The van der Waals surface area contributed by atoms with Crippen molar-refractivity contribution in [3.63, 3.8) is 0 Å². The van der Waals surface area contributed by atoms with Crippen LogP contribution < -0.4 is 0 Å². The summed E-state index contributed by atoms with van der Waals surface area (Å²) in [7, 11) is 0. The van der Waals surface area contributed by atoms with Crippen LogP contribution >= 0.6 is 0 Å². The average molecular weight is 154 g/mol. The number of allylic oxidation sites excluding steroid dienone is 3. The molecule has 0 radical (unpaired) electrons. The lowest BCUT2D eigenvalue weighted by atomic mass is 10.2. The first kappa shape index (κ1) is 9.62. The summed E-state index contributed by atoms with van der Waals surface area (Å²) in [5.74, 6) is -1.10. The zero-order chi connectivity index (χ0) is 8.85. The van der Waals surface area contributed by atoms with Crippen LogP contribution in [0.2, 0.25) is 0 Å². The van der Waals surface area contributed by atoms with Crippen LogP contribution in [-0.2, 0) is 9.59 Å². The summed E-state index contributed by atoms with van der Waals surface area (Å²) >= 11 is 0. The molecule has 0 aromatic rings. The van der Waals surface area contributed by atoms with Gasteiger partial charge in [0.15, 0.2) is 5.78 Å². The molecule has 0 unspecified atom stereocenters. The number of aliphatic carboxylic acids is 1. The number of carbonyl (C=O) groups excluding carboxylic acids is 1. The lowest BCUT2D eigenvalue weighted by Gasteiger charge is -1.86. The van der Waals surface area contributed by atoms with Crippen LogP contribution in [0.3, 0.4) is 0 Å². The summed E-state index contributed by atoms with van der Waals surface area (Å²) in [5, 5.41) is 8.20. The first-order chi connectivity index (χ1) is 5.02. The van der Waals surface area contributed by atoms with Crippen LogP contribution in [-0.4, -0.2) is 16.9 Å². The third kappa shape index (κ3) is 6.51. The Morgan fingerprint density at radius 1 is 1.18 bits per heavy atom. The lowest BCUT2D eigenvalue weighted by molar-refractivity contribution is -0.131. The summed E-state index contributed by atoms with van der Waals surface area (Å²) in [5.41, 5.74) is 0.639. The highest BCUT2D eigenvalue weighted by Crippen LogP contribution is 1.94. The van der Waals surface area contributed by atoms with Gasteiger partial charge in [-0.2, -0.15) is 0 Å². The van der Waals surface area contributed by atoms with Crippen LogP contribution in [0.15, 0.2) is 23.8 Å². The van der Waals surface area contributed by atoms with E-state index in [-0.39, 0.29) is 5.78 Å². The van der Waals surface area contributed by atoms with Gasteiger partial charge < -0.3 is 5.11 Å². The predicted octanol–water partition coefficient (Wildman–Crippen LogP) is 1.16. The van der Waals surface area contributed by atoms with E-state index in [2.05, 4.69) is 0 Å². The monoisotopic (exact) mass is 154 g/mol. The van der Waals surface area contributed by atoms with Crippen LogP contribution in [0.1, 0.15) is 13.8 Å². The molecule has 0 spiro atoms. The van der Waals surface area contributed by atoms with Crippen molar-refractivity contribution in [3.05, 3.63) is 23.8 Å². The van der Waals surface area contributed by atoms with Crippen molar-refractivity contribution in [2.75, 3.05) is 0 Å². The first-order valence-corrected chi connectivity index (χ1v) is 3.12. The van der Waals surface area contributed by atoms with Crippen molar-refractivity contribution in [3.8, 4) is 0 Å². The van der Waals surface area contributed by atoms with Crippen molar-refractivity contribution < 1.29 is 14.7 Å². The molecule has 11 heavy (non-hydrogen) atoms. The Labute approximate surface area is 65.0 Å². The van der Waals surface area contributed by atoms with E-state index < -0.39 is 5.97 Å². The second-order valence-corrected chi connectivity index (χ2v) is 2.17. The molecule has 60 valence electrons. The molecule has 0 aromatic carbocycles. The van der Waals surface area contributed by atoms with E-state index in [0.717, 1.165) is 6.08 Å². The molecule has 0 heterocycles. The molecule has 0 saturated carbocycles. The van der Waals surface area contributed by atoms with Crippen LogP contribution in [0.5, 0.6) is 0 Å². The van der Waals surface area contributed by atoms with Gasteiger partial charge in [0.1, 0.15) is 0 Å². The molecule has 0 bridgehead atoms. The molecule has 0 saturated heterocycles. The molecule has 0 atom stereocenters. The fourth-order valence-electron chi connectivity index (χ4n) is 0.571. The van der Waals surface area contributed by atoms with E-state index in [0.29, 0.717) is 5.57 Å². The van der Waals surface area contributed by atoms with E-state index >= 15 is 0 Å². The highest BCUT2D eigenvalue weighted by molar-refractivity contribution is 5.88. The summed E-state index contributed by atoms with van der Waals surface area (Å²) in [6.45, 7) is 3.08. The van der Waals surface area contributed by atoms with Gasteiger partial charge in [0.05, 0.1) is 0 Å². The quantitative estimate of drug-likeness (QED) is 0.490. The minimum absolute atomic E-state index is 0.0856. The van der Waals surface area contributed by atoms with Crippen molar-refractivity contribution >= 4 is 11.8 Å². The molecule has 0 rings (SSSR count). The first-order valence-electron chi connectivity index (χ1n) is 3.12. The molecule has 3 nitrogen and oxygen atoms in total. The number of carboxylic acid groups (broad SMARTS) is 1. The van der Waals surface area contributed by atoms with Gasteiger partial charge in [-0.05, 0) is 25.5 Å². The molecule has 0 aliphatic rings. The molecule has 0 aliphatic carbocycles. The third-order valence-corrected chi connectivity index (χ3v) is 0.920. The largest absolute Gasteiger partial charge is 0.478 e. The SMILES string of the molecule is CC(=O)/C=C(C)\C=C/C(=O)O. The minimum atomic E-state index is -1.01. The van der Waals surface area contributed by atoms with Gasteiger partial charge in [-0.1, -0.05) is 6.08 Å². The van der Waals surface area contributed by atoms with Crippen LogP contribution in [0.25, 0.3) is 0 Å². The van der Waals surface area contributed by atoms with Gasteiger partial charge in [-0.3, -0.25) is 4.79 Å². The highest BCUT2D eigenvalue weighted by Gasteiger charge is 1.88. The maximum atomic E-state index is 10.4. The van der Waals surface area contributed by atoms with Gasteiger partial charge >= 0.3 is 5.97 Å². The van der Waals surface area contributed by atoms with Gasteiger partial charge in [-0.25, -0.2) is 4.79 Å². The predicted molar refractivity (Wildman–Crippen MR) is 41.2 cm³/mol. The summed E-state index contributed by atoms with van der Waals surface area (Å²) in [4.78, 5) is 20.4. The van der Waals surface area contributed by atoms with Crippen molar-refractivity contribution in [1.82, 2.24) is 0 Å². The normalized spacial score (nSPS) is 12.0. The Morgan fingerprint density at radius 2 is 1.73 bits per heavy atom. The lowest BCUT2D eigenvalue weighted by Crippen LogP contribution is -1.87. The zero-order valence-corrected chi connectivity index (χ0v) is 6.50. The number of hydrogen-bond donors (Lipinski definition) is 1. The van der Waals surface area contributed by atoms with Gasteiger partial charge in [0.25, 0.3) is 0 Å². The average Bonchev–Trinajstić information content (AvgIpc) is 1.82. The second-order valence-electron chi connectivity index (χ2n) is 2.17. The van der Waals surface area contributed by atoms with E-state index in [9.17, 15) is 9.59 Å². The topological polar surface area (TPSA) is 54.4 Å². The van der Waals surface area contributed by atoms with Gasteiger partial charge in [-0.15, -0.1) is 0 Å². The summed E-state index contributed by atoms with van der Waals surface area (Å²) in [6.07, 6.45) is 3.75. The molecule has 0 aliphatic heterocycles. The number of carboxylic acids is 1. The van der Waals surface area contributed by atoms with Crippen LogP contribution in [0, 0.1) is 0 Å². The Hall–Kier alpha value is -1.38. The summed E-state index contributed by atoms with van der Waals surface area (Å²) < 4.78 is 0. The number of carbonyl (C=O) groups is 2. The Kier molecular flexibility index (Phi) is 3.88. The molecule has 0 amide bonds. The molecule has 1 N–H and O–H groups in total. The van der Waals surface area contributed by atoms with Gasteiger partial charge in [0.2, 0.25) is 0 Å². The number of ketones is 1. The fraction of sp³-hybridized carbons (Fsp3) is 0.250. The maximum absolute atomic E-state index is 10.4. The van der Waals surface area contributed by atoms with E-state index in [4.69, 9.17) is 5.11 Å². The standard InChI is InChI=1S/C8H10O3/c1-6(5-7(2)9)3-4-8(10)11/h3-5H,1-2H3,(H,10,11)/b4-3-,6-5-. The van der Waals surface area contributed by atoms with Crippen molar-refractivity contribution in [1.29, 1.82) is 0 Å². The smallest absolute Gasteiger partial charge is 0.328 e. The van der Waals surface area contributed by atoms with E-state index in [1.54, 1.807) is 6.92 Å². The van der Waals surface area contributed by atoms with Gasteiger partial charge in [0, 0.05) is 6.08 Å². The fourth-order valence-corrected chi connectivity index (χ4v) is 0.571. The molecular formula is C8H10O3. The Balaban J connectivity index is 4.17. The Bertz CT molecular complexity index is 223. The molecule has 3 heteroatoms. The van der Waals surface area contributed by atoms with E-state index in [1.807, 2.05) is 0 Å².